The standard InChI is InChI=1S/C37H49BF2N4O5/c1-33(2,43-16-15-37(39,40)22-43)20-25(21-41)31(45)44-27-11-13-36(44,14-12-27)23-47-32(46)42-30(17-24-9-7-6-8-10-24)38-48-29-19-26-18-28(34(26,3)4)35(29,5)49-38/h6-10,20,26-30H,11-19,22-23H2,1-5H3,(H,42,46)/t26-,27?,28-,29+,30-,35-,36?/m0/s1. The summed E-state index contributed by atoms with van der Waals surface area (Å²) in [6.07, 6.45) is 5.98. The first-order valence-electron chi connectivity index (χ1n) is 18.0. The molecule has 1 N–H and O–H groups in total. The van der Waals surface area contributed by atoms with Crippen molar-refractivity contribution >= 4 is 19.1 Å². The highest BCUT2D eigenvalue weighted by molar-refractivity contribution is 6.47. The third kappa shape index (κ3) is 5.97. The van der Waals surface area contributed by atoms with Crippen molar-refractivity contribution < 1.29 is 32.4 Å². The highest BCUT2D eigenvalue weighted by Gasteiger charge is 2.68. The maximum Gasteiger partial charge on any atom is 0.482 e. The van der Waals surface area contributed by atoms with Crippen LogP contribution in [0.2, 0.25) is 0 Å². The zero-order chi connectivity index (χ0) is 35.0. The third-order valence-electron chi connectivity index (χ3n) is 13.2. The number of hydrogen-bond acceptors (Lipinski definition) is 7. The molecule has 4 aliphatic heterocycles. The van der Waals surface area contributed by atoms with Crippen molar-refractivity contribution in [2.24, 2.45) is 17.3 Å². The molecule has 0 unspecified atom stereocenters. The Morgan fingerprint density at radius 1 is 1.16 bits per heavy atom. The van der Waals surface area contributed by atoms with Gasteiger partial charge < -0.3 is 24.3 Å². The van der Waals surface area contributed by atoms with Gasteiger partial charge in [0.1, 0.15) is 18.2 Å². The number of benzene rings is 1. The first-order chi connectivity index (χ1) is 23.1. The molecule has 3 aliphatic carbocycles. The molecular weight excluding hydrogens is 629 g/mol. The van der Waals surface area contributed by atoms with E-state index in [9.17, 15) is 23.6 Å². The van der Waals surface area contributed by atoms with Gasteiger partial charge in [0, 0.05) is 24.5 Å². The summed E-state index contributed by atoms with van der Waals surface area (Å²) >= 11 is 0. The molecule has 0 radical (unpaired) electrons. The van der Waals surface area contributed by atoms with Gasteiger partial charge in [-0.05, 0) is 94.6 Å². The second-order valence-electron chi connectivity index (χ2n) is 16.8. The SMILES string of the molecule is CC1(C)[C@@H]2C[C@H]3OB([C@H](Cc4ccccc4)NC(=O)OCC45CCC(CC4)N5C(=O)C(C#N)=CC(C)(C)N4CCC(F)(F)C4)O[C@@]3(C)[C@H]1C2. The highest BCUT2D eigenvalue weighted by atomic mass is 19.3. The minimum Gasteiger partial charge on any atom is -0.447 e. The van der Waals surface area contributed by atoms with Crippen LogP contribution in [0.5, 0.6) is 0 Å². The topological polar surface area (TPSA) is 104 Å². The fourth-order valence-corrected chi connectivity index (χ4v) is 10.1. The second kappa shape index (κ2) is 12.1. The number of fused-ring (bicyclic) bond motifs is 2. The smallest absolute Gasteiger partial charge is 0.447 e. The molecule has 9 nitrogen and oxygen atoms in total. The van der Waals surface area contributed by atoms with E-state index in [2.05, 4.69) is 32.2 Å². The Morgan fingerprint density at radius 3 is 2.51 bits per heavy atom. The quantitative estimate of drug-likeness (QED) is 0.204. The van der Waals surface area contributed by atoms with Crippen LogP contribution in [0.25, 0.3) is 0 Å². The molecule has 4 heterocycles. The molecule has 3 saturated carbocycles. The van der Waals surface area contributed by atoms with Crippen molar-refractivity contribution in [3.8, 4) is 6.07 Å². The zero-order valence-electron chi connectivity index (χ0n) is 29.3. The molecule has 4 saturated heterocycles. The Kier molecular flexibility index (Phi) is 8.47. The summed E-state index contributed by atoms with van der Waals surface area (Å²) < 4.78 is 47.3. The molecule has 1 aromatic carbocycles. The first kappa shape index (κ1) is 34.4. The molecule has 2 amide bonds. The lowest BCUT2D eigenvalue weighted by molar-refractivity contribution is -0.199. The fraction of sp³-hybridized carbons (Fsp3) is 0.703. The Bertz CT molecular complexity index is 1540. The number of nitrogens with one attached hydrogen (secondary N) is 1. The van der Waals surface area contributed by atoms with Gasteiger partial charge in [-0.1, -0.05) is 44.2 Å². The van der Waals surface area contributed by atoms with Crippen LogP contribution in [0.3, 0.4) is 0 Å². The van der Waals surface area contributed by atoms with Crippen LogP contribution in [0.15, 0.2) is 42.0 Å². The first-order valence-corrected chi connectivity index (χ1v) is 18.0. The number of carbonyl (C=O) groups is 2. The van der Waals surface area contributed by atoms with E-state index in [1.165, 1.54) is 6.08 Å². The van der Waals surface area contributed by atoms with Gasteiger partial charge in [-0.3, -0.25) is 9.69 Å². The van der Waals surface area contributed by atoms with Gasteiger partial charge in [0.05, 0.1) is 29.7 Å². The lowest BCUT2D eigenvalue weighted by Gasteiger charge is -2.64. The maximum atomic E-state index is 14.0. The molecule has 4 bridgehead atoms. The molecule has 12 heteroatoms. The molecule has 7 fully saturated rings. The van der Waals surface area contributed by atoms with E-state index in [0.717, 1.165) is 31.2 Å². The van der Waals surface area contributed by atoms with Crippen LogP contribution >= 0.6 is 0 Å². The molecule has 49 heavy (non-hydrogen) atoms. The maximum absolute atomic E-state index is 14.0. The average molecular weight is 679 g/mol. The Morgan fingerprint density at radius 2 is 1.88 bits per heavy atom. The summed E-state index contributed by atoms with van der Waals surface area (Å²) in [5.41, 5.74) is -0.922. The van der Waals surface area contributed by atoms with Crippen molar-refractivity contribution in [1.29, 1.82) is 5.26 Å². The number of likely N-dealkylation sites (tertiary alicyclic amines) is 1. The number of ether oxygens (including phenoxy) is 1. The summed E-state index contributed by atoms with van der Waals surface area (Å²) in [6.45, 7) is 10.1. The van der Waals surface area contributed by atoms with Gasteiger partial charge in [-0.25, -0.2) is 13.6 Å². The van der Waals surface area contributed by atoms with Gasteiger partial charge in [-0.15, -0.1) is 0 Å². The number of hydrogen-bond donors (Lipinski definition) is 1. The minimum absolute atomic E-state index is 0.00968. The average Bonchev–Trinajstić information content (AvgIpc) is 3.81. The Balaban J connectivity index is 1.04. The zero-order valence-corrected chi connectivity index (χ0v) is 29.3. The third-order valence-corrected chi connectivity index (χ3v) is 13.2. The minimum atomic E-state index is -2.79. The number of alkyl halides is 2. The number of carbonyl (C=O) groups excluding carboxylic acids is 2. The lowest BCUT2D eigenvalue weighted by atomic mass is 9.43. The van der Waals surface area contributed by atoms with Crippen molar-refractivity contribution in [3.63, 3.8) is 0 Å². The molecule has 8 rings (SSSR count). The van der Waals surface area contributed by atoms with E-state index in [1.807, 2.05) is 30.3 Å². The van der Waals surface area contributed by atoms with Crippen molar-refractivity contribution in [2.45, 2.75) is 127 Å². The number of amides is 2. The monoisotopic (exact) mass is 678 g/mol. The van der Waals surface area contributed by atoms with Crippen LogP contribution in [0.4, 0.5) is 13.6 Å². The van der Waals surface area contributed by atoms with E-state index in [4.69, 9.17) is 14.0 Å². The normalized spacial score (nSPS) is 35.0. The Labute approximate surface area is 288 Å². The van der Waals surface area contributed by atoms with Crippen LogP contribution < -0.4 is 5.32 Å². The number of halogens is 2. The van der Waals surface area contributed by atoms with Crippen LogP contribution in [-0.2, 0) is 25.3 Å². The number of nitrogens with zero attached hydrogens (tertiary/aromatic N) is 3. The van der Waals surface area contributed by atoms with Crippen molar-refractivity contribution in [3.05, 3.63) is 47.5 Å². The molecule has 5 atom stereocenters. The van der Waals surface area contributed by atoms with Crippen molar-refractivity contribution in [1.82, 2.24) is 15.1 Å². The van der Waals surface area contributed by atoms with Gasteiger partial charge >= 0.3 is 13.2 Å². The van der Waals surface area contributed by atoms with Crippen LogP contribution in [0, 0.1) is 28.6 Å². The van der Waals surface area contributed by atoms with E-state index in [-0.39, 0.29) is 42.7 Å². The largest absolute Gasteiger partial charge is 0.482 e. The van der Waals surface area contributed by atoms with Gasteiger partial charge in [0.2, 0.25) is 0 Å². The van der Waals surface area contributed by atoms with Crippen LogP contribution in [0.1, 0.15) is 85.1 Å². The number of alkyl carbamates (subject to hydrolysis) is 1. The lowest BCUT2D eigenvalue weighted by Crippen LogP contribution is -2.65. The number of nitriles is 1. The van der Waals surface area contributed by atoms with E-state index < -0.39 is 54.2 Å². The summed E-state index contributed by atoms with van der Waals surface area (Å²) in [6, 6.07) is 11.9. The number of rotatable bonds is 9. The molecule has 0 spiro atoms. The van der Waals surface area contributed by atoms with E-state index in [0.29, 0.717) is 31.1 Å². The van der Waals surface area contributed by atoms with Gasteiger partial charge in [0.25, 0.3) is 11.8 Å². The van der Waals surface area contributed by atoms with Gasteiger partial charge in [0.15, 0.2) is 0 Å². The molecule has 264 valence electrons. The molecular formula is C37H49BF2N4O5. The van der Waals surface area contributed by atoms with Crippen LogP contribution in [-0.4, -0.2) is 89.3 Å². The van der Waals surface area contributed by atoms with E-state index >= 15 is 0 Å². The summed E-state index contributed by atoms with van der Waals surface area (Å²) in [4.78, 5) is 30.9. The van der Waals surface area contributed by atoms with Gasteiger partial charge in [-0.2, -0.15) is 5.26 Å². The molecule has 0 aromatic heterocycles. The predicted octanol–water partition coefficient (Wildman–Crippen LogP) is 5.68. The summed E-state index contributed by atoms with van der Waals surface area (Å²) in [5.74, 6) is -2.74. The fourth-order valence-electron chi connectivity index (χ4n) is 10.1. The second-order valence-corrected chi connectivity index (χ2v) is 16.8. The molecule has 1 aromatic rings. The highest BCUT2D eigenvalue weighted by Crippen LogP contribution is 2.65. The Hall–Kier alpha value is -3.01. The predicted molar refractivity (Wildman–Crippen MR) is 179 cm³/mol. The summed E-state index contributed by atoms with van der Waals surface area (Å²) in [5, 5.41) is 13.1. The molecule has 7 aliphatic rings. The van der Waals surface area contributed by atoms with Crippen molar-refractivity contribution in [2.75, 3.05) is 19.7 Å². The summed E-state index contributed by atoms with van der Waals surface area (Å²) in [7, 11) is -0.640. The van der Waals surface area contributed by atoms with E-state index in [1.54, 1.807) is 23.6 Å².